The van der Waals surface area contributed by atoms with Crippen molar-refractivity contribution in [2.45, 2.75) is 6.92 Å². The van der Waals surface area contributed by atoms with E-state index in [1.807, 2.05) is 37.3 Å². The Labute approximate surface area is 145 Å². The number of hydrogen-bond acceptors (Lipinski definition) is 7. The highest BCUT2D eigenvalue weighted by Gasteiger charge is 2.07. The normalized spacial score (nSPS) is 9.92. The van der Waals surface area contributed by atoms with Gasteiger partial charge in [-0.05, 0) is 31.2 Å². The average Bonchev–Trinajstić information content (AvgIpc) is 2.64. The molecule has 3 aromatic rings. The molecule has 2 aromatic carbocycles. The van der Waals surface area contributed by atoms with E-state index in [2.05, 4.69) is 31.9 Å². The van der Waals surface area contributed by atoms with Gasteiger partial charge >= 0.3 is 0 Å². The van der Waals surface area contributed by atoms with E-state index in [1.165, 1.54) is 6.20 Å². The van der Waals surface area contributed by atoms with Crippen LogP contribution in [0.2, 0.25) is 0 Å². The maximum absolute atomic E-state index is 9.15. The number of aromatic nitrogens is 3. The summed E-state index contributed by atoms with van der Waals surface area (Å²) in [6.07, 6.45) is 1.52. The van der Waals surface area contributed by atoms with E-state index in [1.54, 1.807) is 18.2 Å². The molecule has 0 amide bonds. The van der Waals surface area contributed by atoms with E-state index in [4.69, 9.17) is 10.00 Å². The van der Waals surface area contributed by atoms with Crippen molar-refractivity contribution in [1.29, 1.82) is 5.26 Å². The Hall–Kier alpha value is -3.66. The van der Waals surface area contributed by atoms with Crippen LogP contribution in [0.4, 0.5) is 23.1 Å². The van der Waals surface area contributed by atoms with Gasteiger partial charge in [0.15, 0.2) is 5.82 Å². The SMILES string of the molecule is CCOc1ccccc1Nc1cnnc(Nc2ccccc2C#N)n1. The fourth-order valence-electron chi connectivity index (χ4n) is 2.22. The molecule has 25 heavy (non-hydrogen) atoms. The summed E-state index contributed by atoms with van der Waals surface area (Å²) in [5, 5.41) is 23.2. The van der Waals surface area contributed by atoms with Crippen molar-refractivity contribution in [2.24, 2.45) is 0 Å². The monoisotopic (exact) mass is 332 g/mol. The van der Waals surface area contributed by atoms with Crippen molar-refractivity contribution in [3.8, 4) is 11.8 Å². The Balaban J connectivity index is 1.82. The van der Waals surface area contributed by atoms with Gasteiger partial charge in [0.1, 0.15) is 11.8 Å². The summed E-state index contributed by atoms with van der Waals surface area (Å²) in [6, 6.07) is 16.8. The predicted molar refractivity (Wildman–Crippen MR) is 95.2 cm³/mol. The highest BCUT2D eigenvalue weighted by atomic mass is 16.5. The number of nitrogens with one attached hydrogen (secondary N) is 2. The number of hydrogen-bond donors (Lipinski definition) is 2. The summed E-state index contributed by atoms with van der Waals surface area (Å²) in [5.41, 5.74) is 1.91. The van der Waals surface area contributed by atoms with Gasteiger partial charge in [0, 0.05) is 0 Å². The first-order chi connectivity index (χ1) is 12.3. The van der Waals surface area contributed by atoms with Gasteiger partial charge in [0.05, 0.1) is 29.7 Å². The number of rotatable bonds is 6. The third-order valence-electron chi connectivity index (χ3n) is 3.30. The minimum atomic E-state index is 0.293. The summed E-state index contributed by atoms with van der Waals surface area (Å²) in [6.45, 7) is 2.50. The van der Waals surface area contributed by atoms with Crippen molar-refractivity contribution >= 4 is 23.1 Å². The summed E-state index contributed by atoms with van der Waals surface area (Å²) >= 11 is 0. The van der Waals surface area contributed by atoms with Gasteiger partial charge in [0.25, 0.3) is 0 Å². The van der Waals surface area contributed by atoms with Gasteiger partial charge in [-0.15, -0.1) is 5.10 Å². The van der Waals surface area contributed by atoms with Crippen molar-refractivity contribution in [2.75, 3.05) is 17.2 Å². The zero-order chi connectivity index (χ0) is 17.5. The highest BCUT2D eigenvalue weighted by molar-refractivity contribution is 5.66. The van der Waals surface area contributed by atoms with Gasteiger partial charge in [-0.2, -0.15) is 15.3 Å². The van der Waals surface area contributed by atoms with Crippen molar-refractivity contribution in [3.05, 3.63) is 60.3 Å². The lowest BCUT2D eigenvalue weighted by molar-refractivity contribution is 0.342. The number of nitrogens with zero attached hydrogens (tertiary/aromatic N) is 4. The molecule has 0 unspecified atom stereocenters. The fourth-order valence-corrected chi connectivity index (χ4v) is 2.22. The van der Waals surface area contributed by atoms with Crippen molar-refractivity contribution < 1.29 is 4.74 Å². The van der Waals surface area contributed by atoms with E-state index in [-0.39, 0.29) is 0 Å². The van der Waals surface area contributed by atoms with E-state index < -0.39 is 0 Å². The molecule has 0 atom stereocenters. The molecule has 1 heterocycles. The third kappa shape index (κ3) is 4.00. The van der Waals surface area contributed by atoms with E-state index in [0.29, 0.717) is 29.6 Å². The molecule has 7 heteroatoms. The molecule has 2 N–H and O–H groups in total. The lowest BCUT2D eigenvalue weighted by Gasteiger charge is -2.12. The second kappa shape index (κ2) is 7.75. The lowest BCUT2D eigenvalue weighted by Crippen LogP contribution is -2.04. The molecule has 3 rings (SSSR count). The summed E-state index contributed by atoms with van der Waals surface area (Å²) in [4.78, 5) is 4.38. The molecule has 0 spiro atoms. The zero-order valence-electron chi connectivity index (χ0n) is 13.6. The molecule has 0 aliphatic rings. The predicted octanol–water partition coefficient (Wildman–Crippen LogP) is 3.63. The zero-order valence-corrected chi connectivity index (χ0v) is 13.6. The van der Waals surface area contributed by atoms with Crippen molar-refractivity contribution in [1.82, 2.24) is 15.2 Å². The van der Waals surface area contributed by atoms with Gasteiger partial charge in [-0.1, -0.05) is 24.3 Å². The lowest BCUT2D eigenvalue weighted by atomic mass is 10.2. The number of ether oxygens (including phenoxy) is 1. The van der Waals surface area contributed by atoms with Gasteiger partial charge < -0.3 is 15.4 Å². The average molecular weight is 332 g/mol. The molecular weight excluding hydrogens is 316 g/mol. The molecule has 1 aromatic heterocycles. The first-order valence-corrected chi connectivity index (χ1v) is 7.75. The second-order valence-electron chi connectivity index (χ2n) is 5.00. The van der Waals surface area contributed by atoms with Crippen LogP contribution in [0.5, 0.6) is 5.75 Å². The minimum absolute atomic E-state index is 0.293. The van der Waals surface area contributed by atoms with Gasteiger partial charge in [-0.3, -0.25) is 0 Å². The standard InChI is InChI=1S/C18H16N6O/c1-2-25-16-10-6-5-9-15(16)21-17-12-20-24-18(23-17)22-14-8-4-3-7-13(14)11-19/h3-10,12H,2H2,1H3,(H2,21,22,23,24). The maximum atomic E-state index is 9.15. The number of nitriles is 1. The summed E-state index contributed by atoms with van der Waals surface area (Å²) < 4.78 is 5.59. The molecule has 0 saturated carbocycles. The molecule has 124 valence electrons. The van der Waals surface area contributed by atoms with Gasteiger partial charge in [0.2, 0.25) is 5.95 Å². The molecular formula is C18H16N6O. The molecule has 0 aliphatic heterocycles. The molecule has 0 bridgehead atoms. The van der Waals surface area contributed by atoms with E-state index >= 15 is 0 Å². The molecule has 0 fully saturated rings. The first-order valence-electron chi connectivity index (χ1n) is 7.75. The van der Waals surface area contributed by atoms with E-state index in [9.17, 15) is 0 Å². The van der Waals surface area contributed by atoms with Crippen LogP contribution in [0.25, 0.3) is 0 Å². The van der Waals surface area contributed by atoms with Gasteiger partial charge in [-0.25, -0.2) is 0 Å². The molecule has 0 radical (unpaired) electrons. The topological polar surface area (TPSA) is 95.8 Å². The largest absolute Gasteiger partial charge is 0.492 e. The van der Waals surface area contributed by atoms with E-state index in [0.717, 1.165) is 11.4 Å². The molecule has 0 saturated heterocycles. The Kier molecular flexibility index (Phi) is 5.02. The van der Waals surface area contributed by atoms with Crippen LogP contribution in [-0.2, 0) is 0 Å². The smallest absolute Gasteiger partial charge is 0.249 e. The van der Waals surface area contributed by atoms with Crippen LogP contribution in [0.15, 0.2) is 54.7 Å². The Morgan fingerprint density at radius 1 is 1.04 bits per heavy atom. The minimum Gasteiger partial charge on any atom is -0.492 e. The number of anilines is 4. The number of para-hydroxylation sites is 3. The van der Waals surface area contributed by atoms with Crippen LogP contribution >= 0.6 is 0 Å². The second-order valence-corrected chi connectivity index (χ2v) is 5.00. The summed E-state index contributed by atoms with van der Waals surface area (Å²) in [5.74, 6) is 1.54. The van der Waals surface area contributed by atoms with Crippen LogP contribution < -0.4 is 15.4 Å². The Bertz CT molecular complexity index is 906. The third-order valence-corrected chi connectivity index (χ3v) is 3.30. The van der Waals surface area contributed by atoms with Crippen LogP contribution in [0.1, 0.15) is 12.5 Å². The first kappa shape index (κ1) is 16.2. The molecule has 7 nitrogen and oxygen atoms in total. The van der Waals surface area contributed by atoms with Crippen LogP contribution in [-0.4, -0.2) is 21.8 Å². The number of benzene rings is 2. The Morgan fingerprint density at radius 2 is 1.80 bits per heavy atom. The summed E-state index contributed by atoms with van der Waals surface area (Å²) in [7, 11) is 0. The quantitative estimate of drug-likeness (QED) is 0.711. The van der Waals surface area contributed by atoms with Crippen LogP contribution in [0, 0.1) is 11.3 Å². The highest BCUT2D eigenvalue weighted by Crippen LogP contribution is 2.27. The Morgan fingerprint density at radius 3 is 2.60 bits per heavy atom. The molecule has 0 aliphatic carbocycles. The maximum Gasteiger partial charge on any atom is 0.249 e. The van der Waals surface area contributed by atoms with Crippen LogP contribution in [0.3, 0.4) is 0 Å². The fraction of sp³-hybridized carbons (Fsp3) is 0.111. The van der Waals surface area contributed by atoms with Crippen molar-refractivity contribution in [3.63, 3.8) is 0 Å².